The lowest BCUT2D eigenvalue weighted by molar-refractivity contribution is -0.132. The summed E-state index contributed by atoms with van der Waals surface area (Å²) in [5.41, 5.74) is -0.245. The first-order valence-corrected chi connectivity index (χ1v) is 12.8. The molecule has 3 aliphatic heterocycles. The van der Waals surface area contributed by atoms with Crippen LogP contribution in [0.15, 0.2) is 0 Å². The Morgan fingerprint density at radius 3 is 2.06 bits per heavy atom. The molecule has 0 aromatic carbocycles. The first-order valence-electron chi connectivity index (χ1n) is 12.8. The highest BCUT2D eigenvalue weighted by atomic mass is 16.5. The third kappa shape index (κ3) is 6.09. The topological polar surface area (TPSA) is 70.2 Å². The van der Waals surface area contributed by atoms with Crippen LogP contribution in [-0.2, 0) is 19.1 Å². The fourth-order valence-electron chi connectivity index (χ4n) is 6.70. The molecule has 0 aromatic heterocycles. The zero-order chi connectivity index (χ0) is 24.6. The summed E-state index contributed by atoms with van der Waals surface area (Å²) >= 11 is 0. The minimum absolute atomic E-state index is 0.0713. The van der Waals surface area contributed by atoms with Gasteiger partial charge in [0.05, 0.1) is 5.60 Å². The quantitative estimate of drug-likeness (QED) is 0.580. The lowest BCUT2D eigenvalue weighted by Gasteiger charge is -2.29. The van der Waals surface area contributed by atoms with Crippen molar-refractivity contribution in [1.29, 1.82) is 0 Å². The van der Waals surface area contributed by atoms with Crippen molar-refractivity contribution in [2.75, 3.05) is 26.2 Å². The van der Waals surface area contributed by atoms with Crippen LogP contribution in [0.4, 0.5) is 0 Å². The Morgan fingerprint density at radius 2 is 1.48 bits per heavy atom. The smallest absolute Gasteiger partial charge is 0.219 e. The third-order valence-corrected chi connectivity index (χ3v) is 8.31. The van der Waals surface area contributed by atoms with E-state index in [0.717, 1.165) is 51.6 Å². The second-order valence-electron chi connectivity index (χ2n) is 11.8. The van der Waals surface area contributed by atoms with Gasteiger partial charge in [-0.05, 0) is 63.7 Å². The van der Waals surface area contributed by atoms with Crippen LogP contribution >= 0.6 is 0 Å². The maximum Gasteiger partial charge on any atom is 0.219 e. The number of rotatable bonds is 7. The summed E-state index contributed by atoms with van der Waals surface area (Å²) in [5.74, 6) is 0.975. The number of ether oxygens (including phenoxy) is 1. The van der Waals surface area contributed by atoms with Crippen molar-refractivity contribution in [1.82, 2.24) is 14.7 Å². The van der Waals surface area contributed by atoms with Gasteiger partial charge in [-0.25, -0.2) is 0 Å². The van der Waals surface area contributed by atoms with Crippen molar-refractivity contribution >= 4 is 17.7 Å². The van der Waals surface area contributed by atoms with Crippen molar-refractivity contribution in [3.63, 3.8) is 0 Å². The molecule has 3 heterocycles. The second-order valence-corrected chi connectivity index (χ2v) is 11.8. The first-order chi connectivity index (χ1) is 15.3. The normalized spacial score (nSPS) is 36.6. The SMILES string of the molecule is CC(=O)N1C[C@](C)(OCCC2C[C@@](C)(CCC3C[C@H](C)CN3C(C)=O)CN2C(C)=O)CC1C. The summed E-state index contributed by atoms with van der Waals surface area (Å²) in [4.78, 5) is 42.3. The molecule has 0 saturated carbocycles. The lowest BCUT2D eigenvalue weighted by atomic mass is 9.81. The molecule has 3 aliphatic rings. The van der Waals surface area contributed by atoms with E-state index in [1.165, 1.54) is 0 Å². The summed E-state index contributed by atoms with van der Waals surface area (Å²) in [6.07, 6.45) is 5.75. The first kappa shape index (κ1) is 26.0. The van der Waals surface area contributed by atoms with Gasteiger partial charge >= 0.3 is 0 Å². The van der Waals surface area contributed by atoms with E-state index in [9.17, 15) is 14.4 Å². The van der Waals surface area contributed by atoms with E-state index < -0.39 is 0 Å². The molecule has 3 fully saturated rings. The van der Waals surface area contributed by atoms with E-state index in [1.807, 2.05) is 14.7 Å². The van der Waals surface area contributed by atoms with Crippen molar-refractivity contribution in [3.05, 3.63) is 0 Å². The summed E-state index contributed by atoms with van der Waals surface area (Å²) in [5, 5.41) is 0. The maximum absolute atomic E-state index is 12.4. The van der Waals surface area contributed by atoms with Crippen LogP contribution in [0.2, 0.25) is 0 Å². The van der Waals surface area contributed by atoms with Crippen LogP contribution < -0.4 is 0 Å². The van der Waals surface area contributed by atoms with E-state index >= 15 is 0 Å². The minimum Gasteiger partial charge on any atom is -0.373 e. The molecule has 33 heavy (non-hydrogen) atoms. The predicted octanol–water partition coefficient (Wildman–Crippen LogP) is 3.46. The van der Waals surface area contributed by atoms with Crippen molar-refractivity contribution in [3.8, 4) is 0 Å². The van der Waals surface area contributed by atoms with Crippen molar-refractivity contribution < 1.29 is 19.1 Å². The highest BCUT2D eigenvalue weighted by Crippen LogP contribution is 2.42. The Labute approximate surface area is 200 Å². The summed E-state index contributed by atoms with van der Waals surface area (Å²) in [6, 6.07) is 0.713. The Kier molecular flexibility index (Phi) is 7.82. The number of carbonyl (C=O) groups is 3. The molecule has 3 saturated heterocycles. The summed E-state index contributed by atoms with van der Waals surface area (Å²) in [6.45, 7) is 16.5. The molecular weight excluding hydrogens is 418 g/mol. The second kappa shape index (κ2) is 9.93. The molecule has 0 spiro atoms. The molecule has 0 bridgehead atoms. The van der Waals surface area contributed by atoms with Crippen molar-refractivity contribution in [2.24, 2.45) is 11.3 Å². The van der Waals surface area contributed by atoms with Gasteiger partial charge in [0.25, 0.3) is 0 Å². The zero-order valence-electron chi connectivity index (χ0n) is 21.9. The maximum atomic E-state index is 12.4. The van der Waals surface area contributed by atoms with Gasteiger partial charge in [0.15, 0.2) is 0 Å². The van der Waals surface area contributed by atoms with Gasteiger partial charge in [0.2, 0.25) is 17.7 Å². The van der Waals surface area contributed by atoms with Gasteiger partial charge in [-0.15, -0.1) is 0 Å². The molecule has 7 nitrogen and oxygen atoms in total. The Morgan fingerprint density at radius 1 is 0.848 bits per heavy atom. The van der Waals surface area contributed by atoms with Gasteiger partial charge in [0.1, 0.15) is 0 Å². The standard InChI is InChI=1S/C26H45N3O4/c1-18-12-23(27(15-18)20(3)30)8-10-25(6)14-24(29(16-25)22(5)32)9-11-33-26(7)13-19(2)28(17-26)21(4)31/h18-19,23-24H,8-17H2,1-7H3/t18-,19?,23?,24?,25+,26+/m0/s1. The fourth-order valence-corrected chi connectivity index (χ4v) is 6.70. The molecule has 3 unspecified atom stereocenters. The molecule has 3 amide bonds. The molecule has 6 atom stereocenters. The molecule has 188 valence electrons. The van der Waals surface area contributed by atoms with E-state index in [1.54, 1.807) is 20.8 Å². The summed E-state index contributed by atoms with van der Waals surface area (Å²) in [7, 11) is 0. The number of hydrogen-bond acceptors (Lipinski definition) is 4. The highest BCUT2D eigenvalue weighted by Gasteiger charge is 2.44. The fraction of sp³-hybridized carbons (Fsp3) is 0.885. The number of likely N-dealkylation sites (tertiary alicyclic amines) is 3. The van der Waals surface area contributed by atoms with Crippen LogP contribution in [0.1, 0.15) is 87.0 Å². The van der Waals surface area contributed by atoms with Crippen LogP contribution in [0.5, 0.6) is 0 Å². The van der Waals surface area contributed by atoms with E-state index in [4.69, 9.17) is 4.74 Å². The average molecular weight is 464 g/mol. The number of hydrogen-bond donors (Lipinski definition) is 0. The van der Waals surface area contributed by atoms with Gasteiger partial charge in [0, 0.05) is 65.1 Å². The highest BCUT2D eigenvalue weighted by molar-refractivity contribution is 5.75. The molecule has 7 heteroatoms. The number of carbonyl (C=O) groups excluding carboxylic acids is 3. The Bertz CT molecular complexity index is 758. The monoisotopic (exact) mass is 463 g/mol. The van der Waals surface area contributed by atoms with E-state index in [2.05, 4.69) is 27.7 Å². The van der Waals surface area contributed by atoms with Gasteiger partial charge in [-0.2, -0.15) is 0 Å². The van der Waals surface area contributed by atoms with Crippen LogP contribution in [-0.4, -0.2) is 82.4 Å². The third-order valence-electron chi connectivity index (χ3n) is 8.31. The lowest BCUT2D eigenvalue weighted by Crippen LogP contribution is -2.38. The molecule has 0 N–H and O–H groups in total. The van der Waals surface area contributed by atoms with Crippen molar-refractivity contribution in [2.45, 2.75) is 111 Å². The molecule has 0 aromatic rings. The van der Waals surface area contributed by atoms with Crippen LogP contribution in [0.3, 0.4) is 0 Å². The summed E-state index contributed by atoms with van der Waals surface area (Å²) < 4.78 is 6.32. The van der Waals surface area contributed by atoms with Gasteiger partial charge in [-0.3, -0.25) is 14.4 Å². The van der Waals surface area contributed by atoms with E-state index in [-0.39, 0.29) is 40.8 Å². The average Bonchev–Trinajstić information content (AvgIpc) is 3.34. The number of amides is 3. The largest absolute Gasteiger partial charge is 0.373 e. The molecule has 0 radical (unpaired) electrons. The molecule has 3 rings (SSSR count). The Balaban J connectivity index is 1.54. The predicted molar refractivity (Wildman–Crippen MR) is 129 cm³/mol. The van der Waals surface area contributed by atoms with Gasteiger partial charge < -0.3 is 19.4 Å². The minimum atomic E-state index is -0.316. The molecular formula is C26H45N3O4. The Hall–Kier alpha value is -1.63. The van der Waals surface area contributed by atoms with Crippen LogP contribution in [0.25, 0.3) is 0 Å². The molecule has 0 aliphatic carbocycles. The zero-order valence-corrected chi connectivity index (χ0v) is 21.9. The van der Waals surface area contributed by atoms with Gasteiger partial charge in [-0.1, -0.05) is 13.8 Å². The number of nitrogens with zero attached hydrogens (tertiary/aromatic N) is 3. The van der Waals surface area contributed by atoms with Crippen LogP contribution in [0, 0.1) is 11.3 Å². The van der Waals surface area contributed by atoms with E-state index in [0.29, 0.717) is 25.1 Å².